The maximum Gasteiger partial charge on any atom is 0.0520 e. The highest BCUT2D eigenvalue weighted by Gasteiger charge is 2.22. The van der Waals surface area contributed by atoms with Crippen LogP contribution in [0.2, 0.25) is 5.02 Å². The molecule has 3 rings (SSSR count). The fourth-order valence-corrected chi connectivity index (χ4v) is 3.97. The van der Waals surface area contributed by atoms with Crippen LogP contribution in [0.15, 0.2) is 40.9 Å². The van der Waals surface area contributed by atoms with Crippen molar-refractivity contribution < 1.29 is 0 Å². The lowest BCUT2D eigenvalue weighted by molar-refractivity contribution is 0.761. The third-order valence-electron chi connectivity index (χ3n) is 3.44. The molecular formula is C15H12BrClIN. The molecule has 1 aliphatic carbocycles. The highest BCUT2D eigenvalue weighted by atomic mass is 127. The standard InChI is InChI=1S/C15H12BrClIN/c16-10-2-4-12-9(7-10)1-5-14(12)19-15-6-3-11(17)8-13(15)18/h2-4,6-8,14,19H,1,5H2. The van der Waals surface area contributed by atoms with Gasteiger partial charge in [0.15, 0.2) is 0 Å². The van der Waals surface area contributed by atoms with Gasteiger partial charge >= 0.3 is 0 Å². The Hall–Kier alpha value is -0.260. The van der Waals surface area contributed by atoms with Crippen molar-refractivity contribution in [2.24, 2.45) is 0 Å². The van der Waals surface area contributed by atoms with E-state index in [0.29, 0.717) is 6.04 Å². The third-order valence-corrected chi connectivity index (χ3v) is 5.06. The van der Waals surface area contributed by atoms with Crippen LogP contribution < -0.4 is 5.32 Å². The van der Waals surface area contributed by atoms with Gasteiger partial charge in [0.25, 0.3) is 0 Å². The van der Waals surface area contributed by atoms with Crippen LogP contribution in [0.1, 0.15) is 23.6 Å². The molecule has 1 atom stereocenters. The van der Waals surface area contributed by atoms with Gasteiger partial charge in [-0.25, -0.2) is 0 Å². The zero-order chi connectivity index (χ0) is 13.4. The lowest BCUT2D eigenvalue weighted by atomic mass is 10.1. The molecule has 1 unspecified atom stereocenters. The second-order valence-electron chi connectivity index (χ2n) is 4.70. The highest BCUT2D eigenvalue weighted by molar-refractivity contribution is 14.1. The van der Waals surface area contributed by atoms with Gasteiger partial charge in [0.05, 0.1) is 6.04 Å². The Morgan fingerprint density at radius 3 is 2.84 bits per heavy atom. The molecule has 0 spiro atoms. The predicted octanol–water partition coefficient (Wildman–Crippen LogP) is 5.81. The Balaban J connectivity index is 1.86. The number of fused-ring (bicyclic) bond motifs is 1. The van der Waals surface area contributed by atoms with Crippen molar-refractivity contribution in [1.29, 1.82) is 0 Å². The lowest BCUT2D eigenvalue weighted by Gasteiger charge is -2.17. The van der Waals surface area contributed by atoms with Crippen LogP contribution in [0.5, 0.6) is 0 Å². The van der Waals surface area contributed by atoms with Crippen molar-refractivity contribution in [1.82, 2.24) is 0 Å². The van der Waals surface area contributed by atoms with Crippen molar-refractivity contribution in [3.05, 3.63) is 60.6 Å². The molecule has 0 fully saturated rings. The first-order valence-electron chi connectivity index (χ1n) is 6.13. The molecule has 1 N–H and O–H groups in total. The first-order valence-corrected chi connectivity index (χ1v) is 8.38. The van der Waals surface area contributed by atoms with Gasteiger partial charge in [-0.05, 0) is 76.9 Å². The number of anilines is 1. The van der Waals surface area contributed by atoms with Crippen LogP contribution in [0.4, 0.5) is 5.69 Å². The highest BCUT2D eigenvalue weighted by Crippen LogP contribution is 2.36. The summed E-state index contributed by atoms with van der Waals surface area (Å²) < 4.78 is 2.32. The molecule has 1 aliphatic rings. The maximum absolute atomic E-state index is 5.99. The van der Waals surface area contributed by atoms with E-state index in [0.717, 1.165) is 31.6 Å². The third kappa shape index (κ3) is 2.93. The largest absolute Gasteiger partial charge is 0.377 e. The number of benzene rings is 2. The number of halogens is 3. The fourth-order valence-electron chi connectivity index (χ4n) is 2.53. The van der Waals surface area contributed by atoms with E-state index >= 15 is 0 Å². The Labute approximate surface area is 140 Å². The van der Waals surface area contributed by atoms with Crippen molar-refractivity contribution >= 4 is 55.8 Å². The lowest BCUT2D eigenvalue weighted by Crippen LogP contribution is -2.08. The van der Waals surface area contributed by atoms with Gasteiger partial charge in [-0.15, -0.1) is 0 Å². The number of hydrogen-bond acceptors (Lipinski definition) is 1. The number of rotatable bonds is 2. The number of aryl methyl sites for hydroxylation is 1. The number of nitrogens with one attached hydrogen (secondary N) is 1. The van der Waals surface area contributed by atoms with Crippen molar-refractivity contribution in [3.63, 3.8) is 0 Å². The molecule has 4 heteroatoms. The Morgan fingerprint density at radius 1 is 1.21 bits per heavy atom. The Morgan fingerprint density at radius 2 is 2.05 bits per heavy atom. The monoisotopic (exact) mass is 447 g/mol. The van der Waals surface area contributed by atoms with E-state index in [2.05, 4.69) is 68.1 Å². The van der Waals surface area contributed by atoms with Crippen LogP contribution in [-0.4, -0.2) is 0 Å². The normalized spacial score (nSPS) is 17.3. The Kier molecular flexibility index (Phi) is 4.06. The Bertz CT molecular complexity index is 630. The van der Waals surface area contributed by atoms with Crippen LogP contribution in [0.25, 0.3) is 0 Å². The predicted molar refractivity (Wildman–Crippen MR) is 93.0 cm³/mol. The van der Waals surface area contributed by atoms with E-state index in [9.17, 15) is 0 Å². The van der Waals surface area contributed by atoms with Crippen LogP contribution >= 0.6 is 50.1 Å². The molecule has 0 heterocycles. The average molecular weight is 449 g/mol. The molecule has 0 saturated carbocycles. The second-order valence-corrected chi connectivity index (χ2v) is 7.22. The topological polar surface area (TPSA) is 12.0 Å². The minimum Gasteiger partial charge on any atom is -0.377 e. The maximum atomic E-state index is 5.99. The van der Waals surface area contributed by atoms with E-state index in [4.69, 9.17) is 11.6 Å². The SMILES string of the molecule is Clc1ccc(NC2CCc3cc(Br)ccc32)c(I)c1. The summed E-state index contributed by atoms with van der Waals surface area (Å²) in [4.78, 5) is 0. The van der Waals surface area contributed by atoms with Crippen molar-refractivity contribution in [2.75, 3.05) is 5.32 Å². The summed E-state index contributed by atoms with van der Waals surface area (Å²) in [7, 11) is 0. The molecule has 0 amide bonds. The van der Waals surface area contributed by atoms with Gasteiger partial charge in [0, 0.05) is 18.8 Å². The fraction of sp³-hybridized carbons (Fsp3) is 0.200. The summed E-state index contributed by atoms with van der Waals surface area (Å²) in [6.07, 6.45) is 2.28. The van der Waals surface area contributed by atoms with E-state index in [1.807, 2.05) is 12.1 Å². The minimum absolute atomic E-state index is 0.401. The molecule has 19 heavy (non-hydrogen) atoms. The summed E-state index contributed by atoms with van der Waals surface area (Å²) in [5.74, 6) is 0. The first-order chi connectivity index (χ1) is 9.13. The molecule has 98 valence electrons. The molecular weight excluding hydrogens is 436 g/mol. The summed E-state index contributed by atoms with van der Waals surface area (Å²) in [5.41, 5.74) is 4.01. The van der Waals surface area contributed by atoms with Gasteiger partial charge in [-0.3, -0.25) is 0 Å². The summed E-state index contributed by atoms with van der Waals surface area (Å²) >= 11 is 11.9. The van der Waals surface area contributed by atoms with Crippen LogP contribution in [0.3, 0.4) is 0 Å². The zero-order valence-electron chi connectivity index (χ0n) is 10.1. The quantitative estimate of drug-likeness (QED) is 0.572. The molecule has 2 aromatic rings. The molecule has 0 aliphatic heterocycles. The summed E-state index contributed by atoms with van der Waals surface area (Å²) in [5, 5.41) is 4.41. The summed E-state index contributed by atoms with van der Waals surface area (Å²) in [6, 6.07) is 12.9. The van der Waals surface area contributed by atoms with Gasteiger partial charge in [0.2, 0.25) is 0 Å². The molecule has 1 nitrogen and oxygen atoms in total. The first kappa shape index (κ1) is 13.7. The van der Waals surface area contributed by atoms with Gasteiger partial charge in [0.1, 0.15) is 0 Å². The van der Waals surface area contributed by atoms with Gasteiger partial charge in [-0.2, -0.15) is 0 Å². The van der Waals surface area contributed by atoms with Crippen molar-refractivity contribution in [3.8, 4) is 0 Å². The smallest absolute Gasteiger partial charge is 0.0520 e. The second kappa shape index (κ2) is 5.62. The van der Waals surface area contributed by atoms with Gasteiger partial charge in [-0.1, -0.05) is 33.6 Å². The van der Waals surface area contributed by atoms with Gasteiger partial charge < -0.3 is 5.32 Å². The molecule has 2 aromatic carbocycles. The average Bonchev–Trinajstić information content (AvgIpc) is 2.75. The van der Waals surface area contributed by atoms with E-state index in [1.165, 1.54) is 11.1 Å². The number of hydrogen-bond donors (Lipinski definition) is 1. The van der Waals surface area contributed by atoms with E-state index < -0.39 is 0 Å². The summed E-state index contributed by atoms with van der Waals surface area (Å²) in [6.45, 7) is 0. The van der Waals surface area contributed by atoms with E-state index in [-0.39, 0.29) is 0 Å². The van der Waals surface area contributed by atoms with E-state index in [1.54, 1.807) is 0 Å². The zero-order valence-corrected chi connectivity index (χ0v) is 14.6. The molecule has 0 radical (unpaired) electrons. The van der Waals surface area contributed by atoms with Crippen LogP contribution in [0, 0.1) is 3.57 Å². The minimum atomic E-state index is 0.401. The molecule has 0 aromatic heterocycles. The van der Waals surface area contributed by atoms with Crippen molar-refractivity contribution in [2.45, 2.75) is 18.9 Å². The molecule has 0 bridgehead atoms. The van der Waals surface area contributed by atoms with Crippen LogP contribution in [-0.2, 0) is 6.42 Å². The molecule has 0 saturated heterocycles.